The van der Waals surface area contributed by atoms with Crippen LogP contribution in [0.3, 0.4) is 0 Å². The van der Waals surface area contributed by atoms with Crippen molar-refractivity contribution in [3.63, 3.8) is 0 Å². The molecule has 0 saturated carbocycles. The first-order valence-electron chi connectivity index (χ1n) is 7.46. The fraction of sp³-hybridized carbons (Fsp3) is 0.625. The molecule has 2 unspecified atom stereocenters. The Kier molecular flexibility index (Phi) is 4.24. The molecule has 0 radical (unpaired) electrons. The van der Waals surface area contributed by atoms with E-state index in [1.165, 1.54) is 24.0 Å². The molecule has 2 saturated heterocycles. The highest BCUT2D eigenvalue weighted by molar-refractivity contribution is 5.37. The molecule has 2 fully saturated rings. The van der Waals surface area contributed by atoms with E-state index in [4.69, 9.17) is 9.47 Å². The number of fused-ring (bicyclic) bond motifs is 2. The van der Waals surface area contributed by atoms with Gasteiger partial charge in [0, 0.05) is 31.7 Å². The average molecular weight is 276 g/mol. The molecule has 4 heteroatoms. The van der Waals surface area contributed by atoms with Crippen molar-refractivity contribution < 1.29 is 9.47 Å². The number of hydrogen-bond acceptors (Lipinski definition) is 4. The third-order valence-electron chi connectivity index (χ3n) is 4.24. The van der Waals surface area contributed by atoms with E-state index in [9.17, 15) is 0 Å². The van der Waals surface area contributed by atoms with E-state index in [1.807, 2.05) is 7.05 Å². The molecule has 2 atom stereocenters. The lowest BCUT2D eigenvalue weighted by Crippen LogP contribution is -2.42. The first-order valence-corrected chi connectivity index (χ1v) is 7.46. The van der Waals surface area contributed by atoms with E-state index in [0.717, 1.165) is 31.9 Å². The number of ether oxygens (including phenoxy) is 2. The Morgan fingerprint density at radius 3 is 2.70 bits per heavy atom. The molecule has 20 heavy (non-hydrogen) atoms. The lowest BCUT2D eigenvalue weighted by Gasteiger charge is -2.32. The van der Waals surface area contributed by atoms with Crippen molar-refractivity contribution in [2.75, 3.05) is 27.2 Å². The van der Waals surface area contributed by atoms with Gasteiger partial charge in [0.2, 0.25) is 0 Å². The van der Waals surface area contributed by atoms with Gasteiger partial charge in [0.25, 0.3) is 0 Å². The second-order valence-electron chi connectivity index (χ2n) is 5.83. The molecular weight excluding hydrogens is 252 g/mol. The second kappa shape index (κ2) is 6.12. The maximum atomic E-state index is 5.90. The van der Waals surface area contributed by atoms with E-state index >= 15 is 0 Å². The molecule has 1 aromatic carbocycles. The third kappa shape index (κ3) is 2.97. The summed E-state index contributed by atoms with van der Waals surface area (Å²) in [5.74, 6) is 0.990. The Morgan fingerprint density at radius 1 is 1.30 bits per heavy atom. The molecule has 1 N–H and O–H groups in total. The van der Waals surface area contributed by atoms with Gasteiger partial charge < -0.3 is 14.8 Å². The normalized spacial score (nSPS) is 25.9. The third-order valence-corrected chi connectivity index (χ3v) is 4.24. The number of nitrogens with zero attached hydrogens (tertiary/aromatic N) is 1. The Balaban J connectivity index is 1.73. The van der Waals surface area contributed by atoms with E-state index in [-0.39, 0.29) is 0 Å². The van der Waals surface area contributed by atoms with Gasteiger partial charge in [0.15, 0.2) is 0 Å². The maximum Gasteiger partial charge on any atom is 0.123 e. The largest absolute Gasteiger partial charge is 0.496 e. The summed E-state index contributed by atoms with van der Waals surface area (Å²) < 4.78 is 11.4. The lowest BCUT2D eigenvalue weighted by molar-refractivity contribution is -0.0412. The van der Waals surface area contributed by atoms with Gasteiger partial charge in [-0.1, -0.05) is 6.07 Å². The number of morpholine rings is 1. The summed E-state index contributed by atoms with van der Waals surface area (Å²) in [5, 5.41) is 3.20. The molecule has 2 heterocycles. The number of likely N-dealkylation sites (tertiary alicyclic amines) is 1. The Labute approximate surface area is 121 Å². The zero-order chi connectivity index (χ0) is 13.9. The van der Waals surface area contributed by atoms with Gasteiger partial charge >= 0.3 is 0 Å². The second-order valence-corrected chi connectivity index (χ2v) is 5.83. The summed E-state index contributed by atoms with van der Waals surface area (Å²) in [6.07, 6.45) is 3.33. The molecule has 2 aliphatic heterocycles. The number of rotatable bonds is 5. The molecule has 1 aromatic rings. The maximum absolute atomic E-state index is 5.90. The van der Waals surface area contributed by atoms with E-state index in [0.29, 0.717) is 12.2 Å². The van der Waals surface area contributed by atoms with E-state index in [1.54, 1.807) is 7.11 Å². The first kappa shape index (κ1) is 13.9. The van der Waals surface area contributed by atoms with Crippen molar-refractivity contribution in [2.24, 2.45) is 0 Å². The zero-order valence-corrected chi connectivity index (χ0v) is 12.4. The van der Waals surface area contributed by atoms with E-state index in [2.05, 4.69) is 28.4 Å². The predicted molar refractivity (Wildman–Crippen MR) is 78.9 cm³/mol. The Bertz CT molecular complexity index is 452. The molecule has 3 rings (SSSR count). The summed E-state index contributed by atoms with van der Waals surface area (Å²) in [4.78, 5) is 2.51. The number of methoxy groups -OCH3 is 1. The van der Waals surface area contributed by atoms with Crippen LogP contribution in [-0.2, 0) is 17.8 Å². The Morgan fingerprint density at radius 2 is 2.05 bits per heavy atom. The van der Waals surface area contributed by atoms with Crippen molar-refractivity contribution in [3.05, 3.63) is 29.3 Å². The minimum absolute atomic E-state index is 0.445. The molecule has 110 valence electrons. The number of hydrogen-bond donors (Lipinski definition) is 1. The quantitative estimate of drug-likeness (QED) is 0.889. The molecule has 0 spiro atoms. The van der Waals surface area contributed by atoms with Crippen LogP contribution in [0.5, 0.6) is 5.75 Å². The highest BCUT2D eigenvalue weighted by atomic mass is 16.5. The topological polar surface area (TPSA) is 33.7 Å². The summed E-state index contributed by atoms with van der Waals surface area (Å²) in [6.45, 7) is 3.95. The van der Waals surface area contributed by atoms with Crippen LogP contribution in [0.1, 0.15) is 24.0 Å². The standard InChI is InChI=1S/C16H24N2O2/c1-17-8-12-3-6-16(19-2)13(7-12)9-18-10-14-4-5-15(11-18)20-14/h3,6-7,14-15,17H,4-5,8-11H2,1-2H3. The van der Waals surface area contributed by atoms with Crippen LogP contribution < -0.4 is 10.1 Å². The van der Waals surface area contributed by atoms with Crippen molar-refractivity contribution in [1.29, 1.82) is 0 Å². The number of nitrogens with one attached hydrogen (secondary N) is 1. The van der Waals surface area contributed by atoms with Gasteiger partial charge in [-0.05, 0) is 37.6 Å². The molecule has 2 aliphatic rings. The smallest absolute Gasteiger partial charge is 0.123 e. The van der Waals surface area contributed by atoms with Crippen LogP contribution in [0.15, 0.2) is 18.2 Å². The predicted octanol–water partition coefficient (Wildman–Crippen LogP) is 1.78. The summed E-state index contributed by atoms with van der Waals surface area (Å²) in [7, 11) is 3.73. The molecule has 0 aliphatic carbocycles. The van der Waals surface area contributed by atoms with Crippen LogP contribution >= 0.6 is 0 Å². The fourth-order valence-corrected chi connectivity index (χ4v) is 3.34. The van der Waals surface area contributed by atoms with Gasteiger partial charge in [0.1, 0.15) is 5.75 Å². The molecule has 0 amide bonds. The molecule has 0 aromatic heterocycles. The minimum Gasteiger partial charge on any atom is -0.496 e. The number of benzene rings is 1. The van der Waals surface area contributed by atoms with Crippen molar-refractivity contribution in [2.45, 2.75) is 38.1 Å². The van der Waals surface area contributed by atoms with Crippen LogP contribution in [0.2, 0.25) is 0 Å². The summed E-state index contributed by atoms with van der Waals surface area (Å²) in [6, 6.07) is 6.46. The van der Waals surface area contributed by atoms with Crippen LogP contribution in [0.4, 0.5) is 0 Å². The molecule has 2 bridgehead atoms. The SMILES string of the molecule is CNCc1ccc(OC)c(CN2CC3CCC(C2)O3)c1. The van der Waals surface area contributed by atoms with Gasteiger partial charge in [-0.25, -0.2) is 0 Å². The molecular formula is C16H24N2O2. The van der Waals surface area contributed by atoms with Crippen LogP contribution in [0, 0.1) is 0 Å². The highest BCUT2D eigenvalue weighted by Gasteiger charge is 2.33. The van der Waals surface area contributed by atoms with Crippen molar-refractivity contribution in [3.8, 4) is 5.75 Å². The molecule has 4 nitrogen and oxygen atoms in total. The van der Waals surface area contributed by atoms with Crippen LogP contribution in [-0.4, -0.2) is 44.4 Å². The lowest BCUT2D eigenvalue weighted by atomic mass is 10.1. The summed E-state index contributed by atoms with van der Waals surface area (Å²) >= 11 is 0. The van der Waals surface area contributed by atoms with Gasteiger partial charge in [-0.2, -0.15) is 0 Å². The minimum atomic E-state index is 0.445. The fourth-order valence-electron chi connectivity index (χ4n) is 3.34. The van der Waals surface area contributed by atoms with Crippen molar-refractivity contribution in [1.82, 2.24) is 10.2 Å². The average Bonchev–Trinajstić information content (AvgIpc) is 2.79. The first-order chi connectivity index (χ1) is 9.78. The van der Waals surface area contributed by atoms with Gasteiger partial charge in [0.05, 0.1) is 19.3 Å². The monoisotopic (exact) mass is 276 g/mol. The van der Waals surface area contributed by atoms with Gasteiger partial charge in [-0.15, -0.1) is 0 Å². The Hall–Kier alpha value is -1.10. The van der Waals surface area contributed by atoms with E-state index < -0.39 is 0 Å². The van der Waals surface area contributed by atoms with Gasteiger partial charge in [-0.3, -0.25) is 4.90 Å². The summed E-state index contributed by atoms with van der Waals surface area (Å²) in [5.41, 5.74) is 2.58. The zero-order valence-electron chi connectivity index (χ0n) is 12.4. The van der Waals surface area contributed by atoms with Crippen LogP contribution in [0.25, 0.3) is 0 Å². The highest BCUT2D eigenvalue weighted by Crippen LogP contribution is 2.29. The van der Waals surface area contributed by atoms with Crippen molar-refractivity contribution >= 4 is 0 Å².